The molecule has 0 saturated heterocycles. The number of carbonyl (C=O) groups excluding carboxylic acids is 1. The lowest BCUT2D eigenvalue weighted by Gasteiger charge is -2.04. The second-order valence-electron chi connectivity index (χ2n) is 3.53. The molecular formula is C11H8ClN3O3S. The molecule has 0 bridgehead atoms. The Hall–Kier alpha value is -1.99. The van der Waals surface area contributed by atoms with Crippen LogP contribution in [0.15, 0.2) is 29.8 Å². The van der Waals surface area contributed by atoms with Gasteiger partial charge in [-0.1, -0.05) is 11.6 Å². The first-order valence-corrected chi connectivity index (χ1v) is 6.44. The second kappa shape index (κ2) is 5.77. The minimum Gasteiger partial charge on any atom is -0.345 e. The van der Waals surface area contributed by atoms with E-state index in [9.17, 15) is 14.9 Å². The Labute approximate surface area is 117 Å². The van der Waals surface area contributed by atoms with Gasteiger partial charge in [-0.25, -0.2) is 4.98 Å². The summed E-state index contributed by atoms with van der Waals surface area (Å²) in [5, 5.41) is 16.2. The molecule has 0 radical (unpaired) electrons. The van der Waals surface area contributed by atoms with Crippen LogP contribution in [-0.2, 0) is 6.54 Å². The van der Waals surface area contributed by atoms with Gasteiger partial charge in [0, 0.05) is 22.7 Å². The van der Waals surface area contributed by atoms with Crippen molar-refractivity contribution >= 4 is 34.5 Å². The van der Waals surface area contributed by atoms with Crippen molar-refractivity contribution in [3.05, 3.63) is 55.5 Å². The van der Waals surface area contributed by atoms with Gasteiger partial charge in [0.25, 0.3) is 11.6 Å². The summed E-state index contributed by atoms with van der Waals surface area (Å²) in [6.45, 7) is 0.222. The number of nitro groups is 1. The van der Waals surface area contributed by atoms with Crippen molar-refractivity contribution in [1.82, 2.24) is 10.3 Å². The summed E-state index contributed by atoms with van der Waals surface area (Å²) in [6.07, 6.45) is 1.62. The zero-order valence-electron chi connectivity index (χ0n) is 9.50. The van der Waals surface area contributed by atoms with Gasteiger partial charge in [0.05, 0.1) is 11.5 Å². The molecule has 2 aromatic rings. The van der Waals surface area contributed by atoms with Gasteiger partial charge in [-0.2, -0.15) is 0 Å². The number of hydrogen-bond donors (Lipinski definition) is 1. The summed E-state index contributed by atoms with van der Waals surface area (Å²) in [7, 11) is 0. The molecule has 1 aromatic heterocycles. The lowest BCUT2D eigenvalue weighted by molar-refractivity contribution is -0.385. The number of nitrogens with one attached hydrogen (secondary N) is 1. The van der Waals surface area contributed by atoms with E-state index < -0.39 is 10.8 Å². The lowest BCUT2D eigenvalue weighted by atomic mass is 10.1. The smallest absolute Gasteiger partial charge is 0.282 e. The molecule has 0 fully saturated rings. The first kappa shape index (κ1) is 13.4. The van der Waals surface area contributed by atoms with Gasteiger partial charge in [0.1, 0.15) is 10.6 Å². The average molecular weight is 298 g/mol. The Morgan fingerprint density at radius 3 is 2.95 bits per heavy atom. The Morgan fingerprint density at radius 1 is 1.53 bits per heavy atom. The van der Waals surface area contributed by atoms with E-state index in [0.717, 1.165) is 5.01 Å². The molecule has 0 aliphatic rings. The van der Waals surface area contributed by atoms with Gasteiger partial charge in [0.2, 0.25) is 0 Å². The van der Waals surface area contributed by atoms with E-state index in [1.54, 1.807) is 11.6 Å². The van der Waals surface area contributed by atoms with Gasteiger partial charge >= 0.3 is 0 Å². The van der Waals surface area contributed by atoms with Gasteiger partial charge in [0.15, 0.2) is 0 Å². The summed E-state index contributed by atoms with van der Waals surface area (Å²) in [5.74, 6) is -0.551. The first-order chi connectivity index (χ1) is 9.08. The number of amides is 1. The molecule has 0 aliphatic carbocycles. The summed E-state index contributed by atoms with van der Waals surface area (Å²) in [5.41, 5.74) is -0.338. The normalized spacial score (nSPS) is 10.2. The SMILES string of the molecule is O=C(NCc1nccs1)c1cc(Cl)ccc1[N+](=O)[O-]. The van der Waals surface area contributed by atoms with E-state index >= 15 is 0 Å². The number of benzene rings is 1. The van der Waals surface area contributed by atoms with Crippen molar-refractivity contribution in [2.24, 2.45) is 0 Å². The fourth-order valence-corrected chi connectivity index (χ4v) is 2.17. The Kier molecular flexibility index (Phi) is 4.08. The number of carbonyl (C=O) groups is 1. The van der Waals surface area contributed by atoms with E-state index in [0.29, 0.717) is 0 Å². The topological polar surface area (TPSA) is 85.1 Å². The zero-order valence-corrected chi connectivity index (χ0v) is 11.1. The quantitative estimate of drug-likeness (QED) is 0.694. The van der Waals surface area contributed by atoms with Crippen molar-refractivity contribution in [2.45, 2.75) is 6.54 Å². The largest absolute Gasteiger partial charge is 0.345 e. The molecular weight excluding hydrogens is 290 g/mol. The molecule has 0 atom stereocenters. The number of nitrogens with zero attached hydrogens (tertiary/aromatic N) is 2. The number of nitro benzene ring substituents is 1. The van der Waals surface area contributed by atoms with Gasteiger partial charge in [-0.15, -0.1) is 11.3 Å². The van der Waals surface area contributed by atoms with Gasteiger partial charge in [-0.05, 0) is 12.1 Å². The maximum atomic E-state index is 11.9. The third kappa shape index (κ3) is 3.27. The fraction of sp³-hybridized carbons (Fsp3) is 0.0909. The molecule has 1 aromatic carbocycles. The van der Waals surface area contributed by atoms with Crippen LogP contribution in [0.3, 0.4) is 0 Å². The van der Waals surface area contributed by atoms with Gasteiger partial charge in [-0.3, -0.25) is 14.9 Å². The minimum atomic E-state index is -0.616. The molecule has 1 N–H and O–H groups in total. The van der Waals surface area contributed by atoms with Crippen LogP contribution in [-0.4, -0.2) is 15.8 Å². The van der Waals surface area contributed by atoms with Crippen LogP contribution < -0.4 is 5.32 Å². The maximum Gasteiger partial charge on any atom is 0.282 e. The summed E-state index contributed by atoms with van der Waals surface area (Å²) >= 11 is 7.14. The molecule has 1 amide bonds. The molecule has 8 heteroatoms. The predicted molar refractivity (Wildman–Crippen MR) is 71.4 cm³/mol. The number of hydrogen-bond acceptors (Lipinski definition) is 5. The highest BCUT2D eigenvalue weighted by Crippen LogP contribution is 2.22. The highest BCUT2D eigenvalue weighted by molar-refractivity contribution is 7.09. The van der Waals surface area contributed by atoms with Crippen LogP contribution in [0.4, 0.5) is 5.69 Å². The van der Waals surface area contributed by atoms with Crippen molar-refractivity contribution in [3.8, 4) is 0 Å². The van der Waals surface area contributed by atoms with Crippen LogP contribution >= 0.6 is 22.9 Å². The molecule has 0 spiro atoms. The molecule has 19 heavy (non-hydrogen) atoms. The molecule has 0 unspecified atom stereocenters. The predicted octanol–water partition coefficient (Wildman–Crippen LogP) is 2.63. The molecule has 6 nitrogen and oxygen atoms in total. The van der Waals surface area contributed by atoms with Crippen molar-refractivity contribution in [2.75, 3.05) is 0 Å². The van der Waals surface area contributed by atoms with Crippen LogP contribution in [0.2, 0.25) is 5.02 Å². The van der Waals surface area contributed by atoms with Crippen LogP contribution in [0.25, 0.3) is 0 Å². The average Bonchev–Trinajstić information content (AvgIpc) is 2.88. The Morgan fingerprint density at radius 2 is 2.32 bits per heavy atom. The molecule has 0 aliphatic heterocycles. The second-order valence-corrected chi connectivity index (χ2v) is 4.94. The number of aromatic nitrogens is 1. The van der Waals surface area contributed by atoms with Crippen molar-refractivity contribution in [3.63, 3.8) is 0 Å². The monoisotopic (exact) mass is 297 g/mol. The van der Waals surface area contributed by atoms with Crippen LogP contribution in [0.5, 0.6) is 0 Å². The third-order valence-corrected chi connectivity index (χ3v) is 3.30. The molecule has 0 saturated carbocycles. The van der Waals surface area contributed by atoms with Gasteiger partial charge < -0.3 is 5.32 Å². The summed E-state index contributed by atoms with van der Waals surface area (Å²) < 4.78 is 0. The van der Waals surface area contributed by atoms with Crippen molar-refractivity contribution < 1.29 is 9.72 Å². The molecule has 2 rings (SSSR count). The Balaban J connectivity index is 2.18. The van der Waals surface area contributed by atoms with E-state index in [2.05, 4.69) is 10.3 Å². The molecule has 98 valence electrons. The zero-order chi connectivity index (χ0) is 13.8. The Bertz CT molecular complexity index is 616. The van der Waals surface area contributed by atoms with Crippen molar-refractivity contribution in [1.29, 1.82) is 0 Å². The van der Waals surface area contributed by atoms with E-state index in [-0.39, 0.29) is 22.8 Å². The van der Waals surface area contributed by atoms with Crippen LogP contribution in [0.1, 0.15) is 15.4 Å². The van der Waals surface area contributed by atoms with E-state index in [1.165, 1.54) is 29.5 Å². The number of halogens is 1. The lowest BCUT2D eigenvalue weighted by Crippen LogP contribution is -2.23. The molecule has 1 heterocycles. The fourth-order valence-electron chi connectivity index (χ4n) is 1.44. The first-order valence-electron chi connectivity index (χ1n) is 5.18. The third-order valence-electron chi connectivity index (χ3n) is 2.28. The summed E-state index contributed by atoms with van der Waals surface area (Å²) in [4.78, 5) is 26.1. The highest BCUT2D eigenvalue weighted by atomic mass is 35.5. The summed E-state index contributed by atoms with van der Waals surface area (Å²) in [6, 6.07) is 3.86. The van der Waals surface area contributed by atoms with E-state index in [4.69, 9.17) is 11.6 Å². The highest BCUT2D eigenvalue weighted by Gasteiger charge is 2.20. The maximum absolute atomic E-state index is 11.9. The minimum absolute atomic E-state index is 0.0611. The van der Waals surface area contributed by atoms with E-state index in [1.807, 2.05) is 0 Å². The van der Waals surface area contributed by atoms with Crippen LogP contribution in [0, 0.1) is 10.1 Å². The number of thiazole rings is 1. The number of rotatable bonds is 4. The standard InChI is InChI=1S/C11H8ClN3O3S/c12-7-1-2-9(15(17)18)8(5-7)11(16)14-6-10-13-3-4-19-10/h1-5H,6H2,(H,14,16).